The number of hydrogen-bond donors (Lipinski definition) is 1. The van der Waals surface area contributed by atoms with Crippen LogP contribution in [0.5, 0.6) is 5.75 Å². The summed E-state index contributed by atoms with van der Waals surface area (Å²) in [6.45, 7) is 3.52. The Bertz CT molecular complexity index is 1330. The summed E-state index contributed by atoms with van der Waals surface area (Å²) in [5.74, 6) is -0.353. The number of nitrogens with zero attached hydrogens (tertiary/aromatic N) is 2. The molecule has 0 aliphatic heterocycles. The largest absolute Gasteiger partial charge is 0.497 e. The Morgan fingerprint density at radius 2 is 1.58 bits per heavy atom. The van der Waals surface area contributed by atoms with Crippen molar-refractivity contribution in [2.24, 2.45) is 0 Å². The molecule has 38 heavy (non-hydrogen) atoms. The molecule has 1 N–H and O–H groups in total. The van der Waals surface area contributed by atoms with Gasteiger partial charge >= 0.3 is 0 Å². The van der Waals surface area contributed by atoms with Gasteiger partial charge in [-0.25, -0.2) is 8.42 Å². The zero-order valence-corrected chi connectivity index (χ0v) is 23.2. The highest BCUT2D eigenvalue weighted by atomic mass is 35.5. The summed E-state index contributed by atoms with van der Waals surface area (Å²) in [4.78, 5) is 28.3. The van der Waals surface area contributed by atoms with Gasteiger partial charge in [0.15, 0.2) is 0 Å². The number of sulfonamides is 1. The van der Waals surface area contributed by atoms with Crippen LogP contribution in [-0.2, 0) is 26.2 Å². The van der Waals surface area contributed by atoms with Crippen molar-refractivity contribution in [1.82, 2.24) is 10.2 Å². The van der Waals surface area contributed by atoms with E-state index in [1.54, 1.807) is 80.6 Å². The minimum absolute atomic E-state index is 0.00312. The van der Waals surface area contributed by atoms with E-state index in [4.69, 9.17) is 16.3 Å². The second-order valence-electron chi connectivity index (χ2n) is 8.45. The number of methoxy groups -OCH3 is 1. The maximum absolute atomic E-state index is 13.9. The Kier molecular flexibility index (Phi) is 10.2. The smallest absolute Gasteiger partial charge is 0.264 e. The van der Waals surface area contributed by atoms with Gasteiger partial charge in [0, 0.05) is 18.1 Å². The number of anilines is 1. The molecule has 0 saturated carbocycles. The first-order valence-corrected chi connectivity index (χ1v) is 14.1. The van der Waals surface area contributed by atoms with Gasteiger partial charge in [0.2, 0.25) is 11.8 Å². The maximum atomic E-state index is 13.9. The molecule has 1 atom stereocenters. The number of carbonyl (C=O) groups is 2. The number of ether oxygens (including phenoxy) is 1. The molecule has 1 unspecified atom stereocenters. The van der Waals surface area contributed by atoms with E-state index in [1.165, 1.54) is 24.1 Å². The van der Waals surface area contributed by atoms with Gasteiger partial charge in [-0.1, -0.05) is 54.9 Å². The van der Waals surface area contributed by atoms with Gasteiger partial charge in [-0.3, -0.25) is 13.9 Å². The molecule has 2 amide bonds. The van der Waals surface area contributed by atoms with Crippen molar-refractivity contribution in [1.29, 1.82) is 0 Å². The number of rotatable bonds is 12. The van der Waals surface area contributed by atoms with E-state index in [1.807, 2.05) is 0 Å². The van der Waals surface area contributed by atoms with Crippen LogP contribution in [0, 0.1) is 0 Å². The van der Waals surface area contributed by atoms with Gasteiger partial charge < -0.3 is 15.0 Å². The van der Waals surface area contributed by atoms with Crippen LogP contribution >= 0.6 is 11.6 Å². The van der Waals surface area contributed by atoms with Crippen LogP contribution in [0.15, 0.2) is 83.8 Å². The molecular weight excluding hydrogens is 526 g/mol. The van der Waals surface area contributed by atoms with Crippen LogP contribution in [0.3, 0.4) is 0 Å². The molecule has 202 valence electrons. The second kappa shape index (κ2) is 13.3. The van der Waals surface area contributed by atoms with Crippen molar-refractivity contribution >= 4 is 39.1 Å². The van der Waals surface area contributed by atoms with Crippen molar-refractivity contribution in [2.75, 3.05) is 24.5 Å². The number of halogens is 1. The fourth-order valence-electron chi connectivity index (χ4n) is 4.02. The van der Waals surface area contributed by atoms with Crippen molar-refractivity contribution in [2.45, 2.75) is 37.8 Å². The summed E-state index contributed by atoms with van der Waals surface area (Å²) in [5, 5.41) is 3.22. The highest BCUT2D eigenvalue weighted by molar-refractivity contribution is 7.92. The lowest BCUT2D eigenvalue weighted by Crippen LogP contribution is -2.52. The average Bonchev–Trinajstić information content (AvgIpc) is 2.93. The Morgan fingerprint density at radius 1 is 0.947 bits per heavy atom. The predicted molar refractivity (Wildman–Crippen MR) is 149 cm³/mol. The fraction of sp³-hybridized carbons (Fsp3) is 0.286. The molecule has 0 radical (unpaired) electrons. The molecule has 3 aromatic carbocycles. The third-order valence-electron chi connectivity index (χ3n) is 6.01. The Hall–Kier alpha value is -3.56. The summed E-state index contributed by atoms with van der Waals surface area (Å²) in [5.41, 5.74) is 0.968. The molecule has 0 fully saturated rings. The summed E-state index contributed by atoms with van der Waals surface area (Å²) in [6, 6.07) is 20.6. The lowest BCUT2D eigenvalue weighted by atomic mass is 10.1. The van der Waals surface area contributed by atoms with Gasteiger partial charge in [0.05, 0.1) is 17.7 Å². The van der Waals surface area contributed by atoms with Crippen molar-refractivity contribution < 1.29 is 22.7 Å². The quantitative estimate of drug-likeness (QED) is 0.354. The highest BCUT2D eigenvalue weighted by Crippen LogP contribution is 2.26. The van der Waals surface area contributed by atoms with E-state index >= 15 is 0 Å². The van der Waals surface area contributed by atoms with Crippen molar-refractivity contribution in [3.8, 4) is 5.75 Å². The zero-order valence-electron chi connectivity index (χ0n) is 21.6. The van der Waals surface area contributed by atoms with Crippen LogP contribution in [0.1, 0.15) is 25.8 Å². The zero-order chi connectivity index (χ0) is 27.7. The number of likely N-dealkylation sites (N-methyl/N-ethyl adjacent to an activating group) is 1. The number of carbonyl (C=O) groups excluding carboxylic acids is 2. The lowest BCUT2D eigenvalue weighted by Gasteiger charge is -2.33. The van der Waals surface area contributed by atoms with Crippen molar-refractivity contribution in [3.63, 3.8) is 0 Å². The minimum atomic E-state index is -4.15. The third-order valence-corrected chi connectivity index (χ3v) is 8.16. The van der Waals surface area contributed by atoms with E-state index in [-0.39, 0.29) is 17.3 Å². The van der Waals surface area contributed by atoms with Crippen LogP contribution in [-0.4, -0.2) is 51.4 Å². The van der Waals surface area contributed by atoms with Crippen LogP contribution < -0.4 is 14.4 Å². The summed E-state index contributed by atoms with van der Waals surface area (Å²) in [6.07, 6.45) is 0.332. The van der Waals surface area contributed by atoms with Crippen LogP contribution in [0.25, 0.3) is 0 Å². The molecular formula is C28H32ClN3O5S. The molecule has 0 aliphatic carbocycles. The van der Waals surface area contributed by atoms with E-state index in [9.17, 15) is 18.0 Å². The number of benzene rings is 3. The molecule has 8 nitrogen and oxygen atoms in total. The number of hydrogen-bond acceptors (Lipinski definition) is 5. The molecule has 0 spiro atoms. The summed E-state index contributed by atoms with van der Waals surface area (Å²) >= 11 is 6.39. The van der Waals surface area contributed by atoms with Gasteiger partial charge in [-0.05, 0) is 61.4 Å². The summed E-state index contributed by atoms with van der Waals surface area (Å²) in [7, 11) is -2.66. The van der Waals surface area contributed by atoms with E-state index in [0.29, 0.717) is 35.0 Å². The van der Waals surface area contributed by atoms with Crippen LogP contribution in [0.2, 0.25) is 5.02 Å². The van der Waals surface area contributed by atoms with Crippen LogP contribution in [0.4, 0.5) is 5.69 Å². The highest BCUT2D eigenvalue weighted by Gasteiger charge is 2.33. The Morgan fingerprint density at radius 3 is 2.16 bits per heavy atom. The molecule has 0 aromatic heterocycles. The Labute approximate surface area is 229 Å². The topological polar surface area (TPSA) is 96.0 Å². The SMILES string of the molecule is CCNC(=O)C(CC)N(Cc1ccccc1Cl)C(=O)CN(c1ccccc1)S(=O)(=O)c1ccc(OC)cc1. The molecule has 3 aromatic rings. The van der Waals surface area contributed by atoms with E-state index < -0.39 is 28.5 Å². The molecule has 0 heterocycles. The lowest BCUT2D eigenvalue weighted by molar-refractivity contribution is -0.140. The van der Waals surface area contributed by atoms with E-state index in [0.717, 1.165) is 4.31 Å². The van der Waals surface area contributed by atoms with Gasteiger partial charge in [0.25, 0.3) is 10.0 Å². The first-order chi connectivity index (χ1) is 18.2. The monoisotopic (exact) mass is 557 g/mol. The fourth-order valence-corrected chi connectivity index (χ4v) is 5.63. The number of nitrogens with one attached hydrogen (secondary N) is 1. The van der Waals surface area contributed by atoms with Gasteiger partial charge in [-0.2, -0.15) is 0 Å². The normalized spacial score (nSPS) is 11.9. The maximum Gasteiger partial charge on any atom is 0.264 e. The predicted octanol–water partition coefficient (Wildman–Crippen LogP) is 4.49. The second-order valence-corrected chi connectivity index (χ2v) is 10.7. The molecule has 3 rings (SSSR count). The number of amides is 2. The number of para-hydroxylation sites is 1. The van der Waals surface area contributed by atoms with E-state index in [2.05, 4.69) is 5.32 Å². The van der Waals surface area contributed by atoms with Crippen molar-refractivity contribution in [3.05, 3.63) is 89.4 Å². The first-order valence-electron chi connectivity index (χ1n) is 12.2. The molecule has 0 aliphatic rings. The first kappa shape index (κ1) is 29.0. The van der Waals surface area contributed by atoms with Gasteiger partial charge in [0.1, 0.15) is 18.3 Å². The standard InChI is InChI=1S/C28H32ClN3O5S/c1-4-26(28(34)30-5-2)31(19-21-11-9-10-14-25(21)29)27(33)20-32(22-12-7-6-8-13-22)38(35,36)24-17-15-23(37-3)16-18-24/h6-18,26H,4-5,19-20H2,1-3H3,(H,30,34). The minimum Gasteiger partial charge on any atom is -0.497 e. The third kappa shape index (κ3) is 6.85. The molecule has 10 heteroatoms. The van der Waals surface area contributed by atoms with Gasteiger partial charge in [-0.15, -0.1) is 0 Å². The molecule has 0 bridgehead atoms. The molecule has 0 saturated heterocycles. The summed E-state index contributed by atoms with van der Waals surface area (Å²) < 4.78 is 33.8. The average molecular weight is 558 g/mol. The Balaban J connectivity index is 2.04.